The average molecular weight is 930 g/mol. The van der Waals surface area contributed by atoms with Gasteiger partial charge in [-0.3, -0.25) is 24.3 Å². The van der Waals surface area contributed by atoms with Crippen molar-refractivity contribution in [1.82, 2.24) is 44.4 Å². The first-order chi connectivity index (χ1) is 32.5. The number of nitrogens with zero attached hydrogens (tertiary/aromatic N) is 10. The molecule has 0 bridgehead atoms. The fourth-order valence-corrected chi connectivity index (χ4v) is 11.8. The van der Waals surface area contributed by atoms with E-state index in [-0.39, 0.29) is 34.8 Å². The zero-order valence-electron chi connectivity index (χ0n) is 38.8. The molecule has 5 aromatic rings. The van der Waals surface area contributed by atoms with Crippen LogP contribution in [0.1, 0.15) is 89.4 Å². The lowest BCUT2D eigenvalue weighted by atomic mass is 9.92. The lowest BCUT2D eigenvalue weighted by Crippen LogP contribution is -2.54. The van der Waals surface area contributed by atoms with Crippen LogP contribution in [0.3, 0.4) is 0 Å². The summed E-state index contributed by atoms with van der Waals surface area (Å²) in [4.78, 5) is 60.5. The number of benzene rings is 2. The number of likely N-dealkylation sites (tertiary alicyclic amines) is 2. The number of amides is 2. The number of nitrogens with two attached hydrogens (primary N) is 1. The van der Waals surface area contributed by atoms with Crippen LogP contribution in [0.25, 0.3) is 21.6 Å². The number of ether oxygens (including phenoxy) is 1. The predicted octanol–water partition coefficient (Wildman–Crippen LogP) is 5.67. The number of phenols is 2. The number of nitrogen functional groups attached to an aromatic ring is 1. The van der Waals surface area contributed by atoms with Crippen molar-refractivity contribution in [1.29, 1.82) is 0 Å². The summed E-state index contributed by atoms with van der Waals surface area (Å²) in [5, 5.41) is 20.8. The Morgan fingerprint density at radius 3 is 2.22 bits per heavy atom. The van der Waals surface area contributed by atoms with Crippen molar-refractivity contribution in [3.63, 3.8) is 0 Å². The molecule has 0 aliphatic carbocycles. The standard InChI is InChI=1S/C50H63N11O5S/c1-32(2)40-24-41(44(63)25-43(40)62)49(65)61-29-35-4-3-34(21-36(35)30-61)28-56-11-7-38(8-12-56)58-13-15-59(16-14-58)45(64)22-33-5-9-57(10-6-33)31-39-23-42-46(67-39)48(60-17-19-66-20-18-60)55-47(54-42)37-26-52-50(51)53-27-37/h3-4,21,23-27,32-33,38,62-63H,5-20,22,28-31H2,1-2H3,(H2,51,52,53). The van der Waals surface area contributed by atoms with Crippen LogP contribution >= 0.6 is 11.3 Å². The number of piperidine rings is 2. The van der Waals surface area contributed by atoms with Crippen LogP contribution in [0.4, 0.5) is 11.8 Å². The molecule has 67 heavy (non-hydrogen) atoms. The number of fused-ring (bicyclic) bond motifs is 2. The summed E-state index contributed by atoms with van der Waals surface area (Å²) in [6, 6.07) is 12.2. The molecule has 2 amide bonds. The largest absolute Gasteiger partial charge is 0.508 e. The summed E-state index contributed by atoms with van der Waals surface area (Å²) >= 11 is 1.78. The first kappa shape index (κ1) is 45.3. The maximum Gasteiger partial charge on any atom is 0.258 e. The van der Waals surface area contributed by atoms with Gasteiger partial charge in [0.25, 0.3) is 5.91 Å². The number of hydrogen-bond acceptors (Lipinski definition) is 15. The quantitative estimate of drug-likeness (QED) is 0.148. The third-order valence-corrected chi connectivity index (χ3v) is 15.7. The molecule has 17 heteroatoms. The van der Waals surface area contributed by atoms with Crippen molar-refractivity contribution in [2.24, 2.45) is 5.92 Å². The van der Waals surface area contributed by atoms with Gasteiger partial charge in [0.15, 0.2) is 11.6 Å². The lowest BCUT2D eigenvalue weighted by Gasteiger charge is -2.43. The summed E-state index contributed by atoms with van der Waals surface area (Å²) in [6.07, 6.45) is 8.31. The maximum atomic E-state index is 13.6. The van der Waals surface area contributed by atoms with E-state index in [1.165, 1.54) is 16.5 Å². The van der Waals surface area contributed by atoms with Crippen LogP contribution in [-0.2, 0) is 35.7 Å². The van der Waals surface area contributed by atoms with Gasteiger partial charge < -0.3 is 35.4 Å². The number of carbonyl (C=O) groups is 2. The SMILES string of the molecule is CC(C)c1cc(C(=O)N2Cc3ccc(CN4CCC(N5CCN(C(=O)CC6CCN(Cc7cc8nc(-c9cnc(N)nc9)nc(N9CCOCC9)c8s7)CC6)CC5)CC4)cc3C2)c(O)cc1O. The minimum absolute atomic E-state index is 0.00987. The molecule has 16 nitrogen and oxygen atoms in total. The highest BCUT2D eigenvalue weighted by atomic mass is 32.1. The molecule has 354 valence electrons. The number of piperazine rings is 1. The van der Waals surface area contributed by atoms with E-state index in [9.17, 15) is 19.8 Å². The smallest absolute Gasteiger partial charge is 0.258 e. The Morgan fingerprint density at radius 1 is 0.791 bits per heavy atom. The molecular formula is C50H63N11O5S. The first-order valence-electron chi connectivity index (χ1n) is 24.1. The lowest BCUT2D eigenvalue weighted by molar-refractivity contribution is -0.134. The predicted molar refractivity (Wildman–Crippen MR) is 259 cm³/mol. The molecule has 5 aliphatic rings. The topological polar surface area (TPSA) is 181 Å². The number of thiophene rings is 1. The van der Waals surface area contributed by atoms with Crippen LogP contribution < -0.4 is 10.6 Å². The number of phenolic OH excluding ortho intramolecular Hbond substituents is 2. The van der Waals surface area contributed by atoms with Gasteiger partial charge in [-0.15, -0.1) is 11.3 Å². The fraction of sp³-hybridized carbons (Fsp3) is 0.520. The molecule has 4 saturated heterocycles. The highest BCUT2D eigenvalue weighted by molar-refractivity contribution is 7.19. The first-order valence-corrected chi connectivity index (χ1v) is 25.0. The van der Waals surface area contributed by atoms with E-state index in [0.29, 0.717) is 62.0 Å². The molecule has 3 aromatic heterocycles. The second-order valence-corrected chi connectivity index (χ2v) is 20.6. The van der Waals surface area contributed by atoms with Gasteiger partial charge in [-0.25, -0.2) is 19.9 Å². The highest BCUT2D eigenvalue weighted by Crippen LogP contribution is 2.37. The highest BCUT2D eigenvalue weighted by Gasteiger charge is 2.32. The van der Waals surface area contributed by atoms with E-state index < -0.39 is 0 Å². The third-order valence-electron chi connectivity index (χ3n) is 14.6. The third kappa shape index (κ3) is 10.1. The molecule has 10 rings (SSSR count). The second-order valence-electron chi connectivity index (χ2n) is 19.4. The van der Waals surface area contributed by atoms with Crippen LogP contribution in [0.2, 0.25) is 0 Å². The van der Waals surface area contributed by atoms with Crippen LogP contribution in [0, 0.1) is 5.92 Å². The molecule has 4 N–H and O–H groups in total. The summed E-state index contributed by atoms with van der Waals surface area (Å²) < 4.78 is 6.74. The van der Waals surface area contributed by atoms with Crippen LogP contribution in [-0.4, -0.2) is 151 Å². The van der Waals surface area contributed by atoms with Gasteiger partial charge in [0.1, 0.15) is 11.5 Å². The Labute approximate surface area is 396 Å². The van der Waals surface area contributed by atoms with Crippen molar-refractivity contribution >= 4 is 45.1 Å². The van der Waals surface area contributed by atoms with Crippen molar-refractivity contribution < 1.29 is 24.5 Å². The number of carbonyl (C=O) groups excluding carboxylic acids is 2. The minimum Gasteiger partial charge on any atom is -0.508 e. The normalized spacial score (nSPS) is 19.5. The molecule has 5 aliphatic heterocycles. The number of morpholine rings is 1. The van der Waals surface area contributed by atoms with Crippen molar-refractivity contribution in [2.45, 2.75) is 84.1 Å². The van der Waals surface area contributed by atoms with Gasteiger partial charge >= 0.3 is 0 Å². The maximum absolute atomic E-state index is 13.6. The fourth-order valence-electron chi connectivity index (χ4n) is 10.7. The van der Waals surface area contributed by atoms with Gasteiger partial charge in [-0.05, 0) is 98.1 Å². The van der Waals surface area contributed by atoms with E-state index >= 15 is 0 Å². The van der Waals surface area contributed by atoms with Crippen molar-refractivity contribution in [3.8, 4) is 22.9 Å². The molecule has 2 aromatic carbocycles. The summed E-state index contributed by atoms with van der Waals surface area (Å²) in [7, 11) is 0. The van der Waals surface area contributed by atoms with Gasteiger partial charge in [0.05, 0.1) is 34.6 Å². The zero-order chi connectivity index (χ0) is 46.2. The summed E-state index contributed by atoms with van der Waals surface area (Å²) in [6.45, 7) is 17.1. The molecule has 0 spiro atoms. The minimum atomic E-state index is -0.223. The number of hydrogen-bond donors (Lipinski definition) is 3. The van der Waals surface area contributed by atoms with Crippen molar-refractivity contribution in [2.75, 3.05) is 89.3 Å². The second kappa shape index (κ2) is 19.6. The summed E-state index contributed by atoms with van der Waals surface area (Å²) in [5.74, 6) is 2.11. The molecule has 0 saturated carbocycles. The van der Waals surface area contributed by atoms with Crippen molar-refractivity contribution in [3.05, 3.63) is 81.5 Å². The van der Waals surface area contributed by atoms with E-state index in [1.54, 1.807) is 34.7 Å². The molecular weight excluding hydrogens is 867 g/mol. The monoisotopic (exact) mass is 929 g/mol. The van der Waals surface area contributed by atoms with E-state index in [1.807, 2.05) is 13.8 Å². The molecule has 0 unspecified atom stereocenters. The van der Waals surface area contributed by atoms with Crippen LogP contribution in [0.15, 0.2) is 48.8 Å². The van der Waals surface area contributed by atoms with E-state index in [2.05, 4.69) is 58.7 Å². The van der Waals surface area contributed by atoms with E-state index in [0.717, 1.165) is 137 Å². The van der Waals surface area contributed by atoms with Gasteiger partial charge in [0.2, 0.25) is 11.9 Å². The zero-order valence-corrected chi connectivity index (χ0v) is 39.6. The van der Waals surface area contributed by atoms with Crippen LogP contribution in [0.5, 0.6) is 11.5 Å². The molecule has 8 heterocycles. The summed E-state index contributed by atoms with van der Waals surface area (Å²) in [5.41, 5.74) is 11.9. The molecule has 4 fully saturated rings. The number of aromatic hydroxyl groups is 2. The Hall–Kier alpha value is -5.46. The Balaban J connectivity index is 0.657. The Kier molecular flexibility index (Phi) is 13.3. The molecule has 0 radical (unpaired) electrons. The molecule has 0 atom stereocenters. The Morgan fingerprint density at radius 2 is 1.49 bits per heavy atom. The number of aromatic nitrogens is 4. The Bertz CT molecular complexity index is 2580. The van der Waals surface area contributed by atoms with E-state index in [4.69, 9.17) is 20.4 Å². The van der Waals surface area contributed by atoms with Gasteiger partial charge in [0, 0.05) is 101 Å². The number of rotatable bonds is 11. The average Bonchev–Trinajstić information content (AvgIpc) is 3.96. The van der Waals surface area contributed by atoms with Gasteiger partial charge in [-0.2, -0.15) is 0 Å². The van der Waals surface area contributed by atoms with Gasteiger partial charge in [-0.1, -0.05) is 32.0 Å². The number of anilines is 2.